The number of rotatable bonds is 8. The number of sulfonamides is 1. The van der Waals surface area contributed by atoms with Crippen LogP contribution in [0.15, 0.2) is 57.9 Å². The first-order valence-electron chi connectivity index (χ1n) is 10.7. The standard InChI is InChI=1S/C23H30BrN3O3S/c1-3-27(4-2)31(29,30)22-12-10-21(11-13-22)25-23(28)19-8-6-14-26(17-19)16-18-7-5-9-20(24)15-18/h5,7,9-13,15,19H,3-4,6,8,14,16-17H2,1-2H3,(H,25,28). The second-order valence-electron chi connectivity index (χ2n) is 7.81. The van der Waals surface area contributed by atoms with Gasteiger partial charge in [-0.05, 0) is 61.3 Å². The van der Waals surface area contributed by atoms with E-state index in [9.17, 15) is 13.2 Å². The second kappa shape index (κ2) is 10.7. The second-order valence-corrected chi connectivity index (χ2v) is 10.7. The van der Waals surface area contributed by atoms with Gasteiger partial charge < -0.3 is 5.32 Å². The molecular weight excluding hydrogens is 478 g/mol. The minimum absolute atomic E-state index is 0.0155. The number of piperidine rings is 1. The number of carbonyl (C=O) groups is 1. The fourth-order valence-electron chi connectivity index (χ4n) is 3.97. The van der Waals surface area contributed by atoms with Crippen molar-refractivity contribution in [3.05, 3.63) is 58.6 Å². The van der Waals surface area contributed by atoms with Crippen LogP contribution >= 0.6 is 15.9 Å². The number of amides is 1. The Morgan fingerprint density at radius 1 is 1.16 bits per heavy atom. The van der Waals surface area contributed by atoms with Crippen molar-refractivity contribution in [1.29, 1.82) is 0 Å². The molecule has 31 heavy (non-hydrogen) atoms. The molecule has 1 aliphatic rings. The zero-order valence-corrected chi connectivity index (χ0v) is 20.5. The van der Waals surface area contributed by atoms with Crippen molar-refractivity contribution in [2.75, 3.05) is 31.5 Å². The minimum atomic E-state index is -3.50. The normalized spacial score (nSPS) is 17.6. The highest BCUT2D eigenvalue weighted by Gasteiger charge is 2.26. The molecule has 3 rings (SSSR count). The smallest absolute Gasteiger partial charge is 0.243 e. The predicted molar refractivity (Wildman–Crippen MR) is 127 cm³/mol. The molecule has 168 valence electrons. The van der Waals surface area contributed by atoms with E-state index in [4.69, 9.17) is 0 Å². The number of anilines is 1. The van der Waals surface area contributed by atoms with Gasteiger partial charge in [-0.15, -0.1) is 0 Å². The summed E-state index contributed by atoms with van der Waals surface area (Å²) in [5.74, 6) is -0.0988. The number of likely N-dealkylation sites (tertiary alicyclic amines) is 1. The summed E-state index contributed by atoms with van der Waals surface area (Å²) in [6, 6.07) is 14.7. The fourth-order valence-corrected chi connectivity index (χ4v) is 5.88. The molecule has 0 aromatic heterocycles. The largest absolute Gasteiger partial charge is 0.326 e. The molecule has 0 radical (unpaired) electrons. The number of halogens is 1. The molecular formula is C23H30BrN3O3S. The Hall–Kier alpha value is -1.74. The van der Waals surface area contributed by atoms with Crippen LogP contribution in [0.5, 0.6) is 0 Å². The molecule has 0 aliphatic carbocycles. The van der Waals surface area contributed by atoms with E-state index in [0.29, 0.717) is 25.3 Å². The maximum absolute atomic E-state index is 12.8. The summed E-state index contributed by atoms with van der Waals surface area (Å²) in [4.78, 5) is 15.4. The zero-order valence-electron chi connectivity index (χ0n) is 18.1. The summed E-state index contributed by atoms with van der Waals surface area (Å²) in [6.07, 6.45) is 1.84. The van der Waals surface area contributed by atoms with Crippen molar-refractivity contribution in [3.63, 3.8) is 0 Å². The van der Waals surface area contributed by atoms with Crippen LogP contribution in [0, 0.1) is 5.92 Å². The molecule has 1 amide bonds. The van der Waals surface area contributed by atoms with E-state index in [-0.39, 0.29) is 16.7 Å². The van der Waals surface area contributed by atoms with Gasteiger partial charge in [-0.25, -0.2) is 8.42 Å². The molecule has 0 saturated carbocycles. The van der Waals surface area contributed by atoms with E-state index in [1.165, 1.54) is 9.87 Å². The average molecular weight is 508 g/mol. The number of hydrogen-bond acceptors (Lipinski definition) is 4. The number of hydrogen-bond donors (Lipinski definition) is 1. The van der Waals surface area contributed by atoms with Gasteiger partial charge in [0.25, 0.3) is 0 Å². The molecule has 2 aromatic rings. The Kier molecular flexibility index (Phi) is 8.27. The molecule has 1 saturated heterocycles. The molecule has 6 nitrogen and oxygen atoms in total. The van der Waals surface area contributed by atoms with Gasteiger partial charge in [0, 0.05) is 36.3 Å². The van der Waals surface area contributed by atoms with E-state index in [2.05, 4.69) is 38.3 Å². The molecule has 1 aliphatic heterocycles. The third-order valence-electron chi connectivity index (χ3n) is 5.64. The molecule has 1 unspecified atom stereocenters. The summed E-state index contributed by atoms with van der Waals surface area (Å²) < 4.78 is 27.7. The number of nitrogens with one attached hydrogen (secondary N) is 1. The molecule has 1 heterocycles. The Bertz CT molecular complexity index is 991. The van der Waals surface area contributed by atoms with Crippen molar-refractivity contribution >= 4 is 37.5 Å². The van der Waals surface area contributed by atoms with Gasteiger partial charge in [0.2, 0.25) is 15.9 Å². The summed E-state index contributed by atoms with van der Waals surface area (Å²) in [6.45, 7) is 7.01. The van der Waals surface area contributed by atoms with E-state index in [0.717, 1.165) is 30.4 Å². The third-order valence-corrected chi connectivity index (χ3v) is 8.19. The van der Waals surface area contributed by atoms with Gasteiger partial charge in [-0.2, -0.15) is 4.31 Å². The maximum Gasteiger partial charge on any atom is 0.243 e. The highest BCUT2D eigenvalue weighted by atomic mass is 79.9. The zero-order chi connectivity index (χ0) is 22.4. The van der Waals surface area contributed by atoms with Crippen LogP contribution in [0.3, 0.4) is 0 Å². The van der Waals surface area contributed by atoms with Crippen LogP contribution < -0.4 is 5.32 Å². The molecule has 2 aromatic carbocycles. The lowest BCUT2D eigenvalue weighted by Gasteiger charge is -2.32. The fraction of sp³-hybridized carbons (Fsp3) is 0.435. The first-order valence-corrected chi connectivity index (χ1v) is 12.9. The topological polar surface area (TPSA) is 69.7 Å². The first kappa shape index (κ1) is 23.9. The average Bonchev–Trinajstić information content (AvgIpc) is 2.75. The summed E-state index contributed by atoms with van der Waals surface area (Å²) in [7, 11) is -3.50. The van der Waals surface area contributed by atoms with Crippen LogP contribution in [0.1, 0.15) is 32.3 Å². The SMILES string of the molecule is CCN(CC)S(=O)(=O)c1ccc(NC(=O)C2CCCN(Cc3cccc(Br)c3)C2)cc1. The molecule has 0 bridgehead atoms. The van der Waals surface area contributed by atoms with Crippen LogP contribution in [0.4, 0.5) is 5.69 Å². The number of benzene rings is 2. The Balaban J connectivity index is 1.60. The van der Waals surface area contributed by atoms with Gasteiger partial charge in [-0.3, -0.25) is 9.69 Å². The lowest BCUT2D eigenvalue weighted by Crippen LogP contribution is -2.40. The van der Waals surface area contributed by atoms with Crippen molar-refractivity contribution in [2.45, 2.75) is 38.1 Å². The van der Waals surface area contributed by atoms with Crippen molar-refractivity contribution in [1.82, 2.24) is 9.21 Å². The first-order chi connectivity index (χ1) is 14.8. The van der Waals surface area contributed by atoms with Gasteiger partial charge in [0.1, 0.15) is 0 Å². The van der Waals surface area contributed by atoms with Gasteiger partial charge >= 0.3 is 0 Å². The minimum Gasteiger partial charge on any atom is -0.326 e. The lowest BCUT2D eigenvalue weighted by molar-refractivity contribution is -0.121. The molecule has 8 heteroatoms. The van der Waals surface area contributed by atoms with Gasteiger partial charge in [-0.1, -0.05) is 41.9 Å². The third kappa shape index (κ3) is 6.16. The number of carbonyl (C=O) groups excluding carboxylic acids is 1. The van der Waals surface area contributed by atoms with E-state index in [1.54, 1.807) is 24.3 Å². The number of nitrogens with zero attached hydrogens (tertiary/aromatic N) is 2. The van der Waals surface area contributed by atoms with Gasteiger partial charge in [0.15, 0.2) is 0 Å². The predicted octanol–water partition coefficient (Wildman–Crippen LogP) is 4.33. The Morgan fingerprint density at radius 3 is 2.52 bits per heavy atom. The highest BCUT2D eigenvalue weighted by molar-refractivity contribution is 9.10. The van der Waals surface area contributed by atoms with E-state index < -0.39 is 10.0 Å². The highest BCUT2D eigenvalue weighted by Crippen LogP contribution is 2.23. The Morgan fingerprint density at radius 2 is 1.87 bits per heavy atom. The summed E-state index contributed by atoms with van der Waals surface area (Å²) >= 11 is 3.51. The lowest BCUT2D eigenvalue weighted by atomic mass is 9.96. The molecule has 1 N–H and O–H groups in total. The Labute approximate surface area is 193 Å². The van der Waals surface area contributed by atoms with Crippen LogP contribution in [-0.4, -0.2) is 49.7 Å². The summed E-state index contributed by atoms with van der Waals surface area (Å²) in [5, 5.41) is 2.96. The van der Waals surface area contributed by atoms with Gasteiger partial charge in [0.05, 0.1) is 10.8 Å². The quantitative estimate of drug-likeness (QED) is 0.577. The van der Waals surface area contributed by atoms with E-state index in [1.807, 2.05) is 26.0 Å². The molecule has 0 spiro atoms. The van der Waals surface area contributed by atoms with E-state index >= 15 is 0 Å². The van der Waals surface area contributed by atoms with Crippen LogP contribution in [0.2, 0.25) is 0 Å². The van der Waals surface area contributed by atoms with Crippen molar-refractivity contribution in [2.24, 2.45) is 5.92 Å². The molecule has 1 fully saturated rings. The van der Waals surface area contributed by atoms with Crippen molar-refractivity contribution in [3.8, 4) is 0 Å². The summed E-state index contributed by atoms with van der Waals surface area (Å²) in [5.41, 5.74) is 1.84. The maximum atomic E-state index is 12.8. The molecule has 1 atom stereocenters. The van der Waals surface area contributed by atoms with Crippen LogP contribution in [0.25, 0.3) is 0 Å². The monoisotopic (exact) mass is 507 g/mol. The van der Waals surface area contributed by atoms with Crippen molar-refractivity contribution < 1.29 is 13.2 Å². The van der Waals surface area contributed by atoms with Crippen LogP contribution in [-0.2, 0) is 21.4 Å².